The Hall–Kier alpha value is -6.15. The van der Waals surface area contributed by atoms with Crippen molar-refractivity contribution in [3.63, 3.8) is 0 Å². The van der Waals surface area contributed by atoms with Gasteiger partial charge in [0.2, 0.25) is 5.69 Å². The second kappa shape index (κ2) is 18.8. The number of rotatable bonds is 12. The molecule has 2 aliphatic heterocycles. The summed E-state index contributed by atoms with van der Waals surface area (Å²) in [6.45, 7) is 16.3. The minimum Gasteiger partial charge on any atom is -0.418 e. The van der Waals surface area contributed by atoms with Crippen molar-refractivity contribution in [2.45, 2.75) is 90.9 Å². The highest BCUT2D eigenvalue weighted by Crippen LogP contribution is 2.52. The van der Waals surface area contributed by atoms with Crippen molar-refractivity contribution in [1.82, 2.24) is 0 Å². The number of allylic oxidation sites excluding steroid dienone is 7. The normalized spacial score (nSPS) is 17.7. The third-order valence-electron chi connectivity index (χ3n) is 13.4. The largest absolute Gasteiger partial charge is 0.673 e. The van der Waals surface area contributed by atoms with Gasteiger partial charge in [-0.2, -0.15) is 4.58 Å². The molecule has 0 saturated heterocycles. The molecule has 6 aromatic rings. The van der Waals surface area contributed by atoms with Gasteiger partial charge in [-0.05, 0) is 97.0 Å². The molecule has 8 heteroatoms. The molecule has 0 fully saturated rings. The molecule has 0 amide bonds. The van der Waals surface area contributed by atoms with Gasteiger partial charge in [-0.25, -0.2) is 0 Å². The van der Waals surface area contributed by atoms with Crippen LogP contribution >= 0.6 is 0 Å². The molecule has 334 valence electrons. The third-order valence-corrected chi connectivity index (χ3v) is 13.4. The number of anilines is 3. The zero-order valence-corrected chi connectivity index (χ0v) is 38.6. The van der Waals surface area contributed by atoms with E-state index in [1.54, 1.807) is 0 Å². The zero-order valence-electron chi connectivity index (χ0n) is 38.6. The van der Waals surface area contributed by atoms with Crippen LogP contribution in [0.5, 0.6) is 0 Å². The van der Waals surface area contributed by atoms with Crippen molar-refractivity contribution in [3.8, 4) is 0 Å². The van der Waals surface area contributed by atoms with E-state index in [0.29, 0.717) is 0 Å². The van der Waals surface area contributed by atoms with Crippen molar-refractivity contribution in [3.05, 3.63) is 191 Å². The number of halogens is 4. The molecule has 0 N–H and O–H groups in total. The molecule has 6 aromatic carbocycles. The summed E-state index contributed by atoms with van der Waals surface area (Å²) in [6, 6.07) is 49.2. The summed E-state index contributed by atoms with van der Waals surface area (Å²) in [7, 11) is -6.00. The van der Waals surface area contributed by atoms with E-state index in [1.807, 2.05) is 0 Å². The smallest absolute Gasteiger partial charge is 0.418 e. The molecule has 1 aliphatic carbocycles. The molecule has 0 aromatic heterocycles. The standard InChI is InChI=1S/C57H60N3.BF4/c1-7-9-39-58-51(56(3,4)49-35-31-41-21-17-19-27-47(41)54(49)58)37-33-43-29-30-44(53(43)60(45-23-13-11-14-24-45)46-25-15-12-16-26-46)34-38-52-57(5,6)50-36-32-42-22-18-20-28-48(42)55(50)59(52)40-10-8-2;2-1(3,4)5/h11-28,31-38H,7-10,29-30,39-40H2,1-6H3;/q+1;-1. The van der Waals surface area contributed by atoms with E-state index in [2.05, 4.69) is 214 Å². The molecule has 0 spiro atoms. The van der Waals surface area contributed by atoms with Crippen LogP contribution in [-0.2, 0) is 10.8 Å². The highest BCUT2D eigenvalue weighted by atomic mass is 19.5. The lowest BCUT2D eigenvalue weighted by Gasteiger charge is -2.29. The summed E-state index contributed by atoms with van der Waals surface area (Å²) in [4.78, 5) is 5.16. The van der Waals surface area contributed by atoms with Crippen LogP contribution in [0.3, 0.4) is 0 Å². The van der Waals surface area contributed by atoms with Crippen LogP contribution in [0.15, 0.2) is 180 Å². The fraction of sp³-hybridized carbons (Fsp3) is 0.281. The van der Waals surface area contributed by atoms with Gasteiger partial charge in [0, 0.05) is 52.5 Å². The maximum absolute atomic E-state index is 9.75. The van der Waals surface area contributed by atoms with Crippen LogP contribution in [0.25, 0.3) is 21.5 Å². The Morgan fingerprint density at radius 1 is 0.615 bits per heavy atom. The maximum Gasteiger partial charge on any atom is 0.673 e. The maximum atomic E-state index is 9.75. The number of fused-ring (bicyclic) bond motifs is 6. The first-order chi connectivity index (χ1) is 31.2. The lowest BCUT2D eigenvalue weighted by molar-refractivity contribution is -0.436. The van der Waals surface area contributed by atoms with Crippen LogP contribution in [-0.4, -0.2) is 30.6 Å². The predicted octanol–water partition coefficient (Wildman–Crippen LogP) is 16.3. The van der Waals surface area contributed by atoms with E-state index in [0.717, 1.165) is 51.6 Å². The van der Waals surface area contributed by atoms with Gasteiger partial charge in [0.1, 0.15) is 6.54 Å². The molecule has 3 nitrogen and oxygen atoms in total. The first-order valence-electron chi connectivity index (χ1n) is 23.3. The fourth-order valence-corrected chi connectivity index (χ4v) is 10.2. The lowest BCUT2D eigenvalue weighted by atomic mass is 9.80. The molecular weight excluding hydrogens is 813 g/mol. The van der Waals surface area contributed by atoms with E-state index >= 15 is 0 Å². The Kier molecular flexibility index (Phi) is 13.1. The van der Waals surface area contributed by atoms with Crippen molar-refractivity contribution >= 4 is 57.3 Å². The van der Waals surface area contributed by atoms with E-state index in [-0.39, 0.29) is 10.8 Å². The molecule has 3 aliphatic rings. The molecular formula is C57H60BF4N3. The summed E-state index contributed by atoms with van der Waals surface area (Å²) in [6.07, 6.45) is 16.5. The average molecular weight is 874 g/mol. The topological polar surface area (TPSA) is 9.49 Å². The van der Waals surface area contributed by atoms with E-state index in [1.165, 1.54) is 83.7 Å². The lowest BCUT2D eigenvalue weighted by Crippen LogP contribution is -2.28. The Morgan fingerprint density at radius 3 is 1.78 bits per heavy atom. The Bertz CT molecular complexity index is 2810. The van der Waals surface area contributed by atoms with Gasteiger partial charge in [-0.3, -0.25) is 0 Å². The molecule has 65 heavy (non-hydrogen) atoms. The Labute approximate surface area is 382 Å². The summed E-state index contributed by atoms with van der Waals surface area (Å²) < 4.78 is 41.6. The summed E-state index contributed by atoms with van der Waals surface area (Å²) in [5.41, 5.74) is 14.5. The van der Waals surface area contributed by atoms with Gasteiger partial charge in [0.15, 0.2) is 5.71 Å². The van der Waals surface area contributed by atoms with Crippen LogP contribution in [0.4, 0.5) is 40.0 Å². The Balaban J connectivity index is 0.00000109. The Morgan fingerprint density at radius 2 is 1.17 bits per heavy atom. The van der Waals surface area contributed by atoms with Crippen LogP contribution in [0, 0.1) is 0 Å². The molecule has 0 atom stereocenters. The second-order valence-corrected chi connectivity index (χ2v) is 18.5. The summed E-state index contributed by atoms with van der Waals surface area (Å²) in [5.74, 6) is 0. The summed E-state index contributed by atoms with van der Waals surface area (Å²) in [5, 5.41) is 5.30. The first kappa shape index (κ1) is 45.4. The van der Waals surface area contributed by atoms with Crippen LogP contribution < -0.4 is 9.80 Å². The SMILES string of the molecule is CCCCN1/C(=C\C=C2\CCC(/C=C/C3=[N+](CCCC)c4c(ccc5ccccc45)C3(C)C)=C2N(c2ccccc2)c2ccccc2)C(C)(C)c2ccc3ccccc3c21.F[B-](F)(F)F. The molecule has 0 bridgehead atoms. The zero-order chi connectivity index (χ0) is 45.9. The highest BCUT2D eigenvalue weighted by molar-refractivity contribution is 6.50. The summed E-state index contributed by atoms with van der Waals surface area (Å²) >= 11 is 0. The van der Waals surface area contributed by atoms with Crippen LogP contribution in [0.1, 0.15) is 91.2 Å². The fourth-order valence-electron chi connectivity index (χ4n) is 10.2. The minimum absolute atomic E-state index is 0.139. The van der Waals surface area contributed by atoms with Gasteiger partial charge in [0.05, 0.1) is 22.2 Å². The van der Waals surface area contributed by atoms with Gasteiger partial charge < -0.3 is 27.1 Å². The van der Waals surface area contributed by atoms with Gasteiger partial charge in [-0.1, -0.05) is 156 Å². The van der Waals surface area contributed by atoms with Crippen molar-refractivity contribution in [1.29, 1.82) is 0 Å². The van der Waals surface area contributed by atoms with Crippen molar-refractivity contribution in [2.75, 3.05) is 22.9 Å². The monoisotopic (exact) mass is 873 g/mol. The van der Waals surface area contributed by atoms with Gasteiger partial charge in [0.25, 0.3) is 0 Å². The van der Waals surface area contributed by atoms with E-state index in [9.17, 15) is 17.3 Å². The van der Waals surface area contributed by atoms with Crippen molar-refractivity contribution < 1.29 is 21.8 Å². The van der Waals surface area contributed by atoms with Crippen molar-refractivity contribution in [2.24, 2.45) is 0 Å². The number of unbranched alkanes of at least 4 members (excludes halogenated alkanes) is 2. The van der Waals surface area contributed by atoms with Crippen LogP contribution in [0.2, 0.25) is 0 Å². The first-order valence-corrected chi connectivity index (χ1v) is 23.3. The average Bonchev–Trinajstić information content (AvgIpc) is 3.86. The quantitative estimate of drug-likeness (QED) is 0.0688. The second-order valence-electron chi connectivity index (χ2n) is 18.5. The predicted molar refractivity (Wildman–Crippen MR) is 268 cm³/mol. The molecule has 0 saturated carbocycles. The molecule has 2 heterocycles. The number of nitrogens with zero attached hydrogens (tertiary/aromatic N) is 3. The third kappa shape index (κ3) is 9.10. The van der Waals surface area contributed by atoms with E-state index < -0.39 is 7.25 Å². The van der Waals surface area contributed by atoms with E-state index in [4.69, 9.17) is 0 Å². The number of benzene rings is 6. The van der Waals surface area contributed by atoms with Gasteiger partial charge >= 0.3 is 7.25 Å². The molecule has 0 radical (unpaired) electrons. The molecule has 0 unspecified atom stereocenters. The number of hydrogen-bond acceptors (Lipinski definition) is 2. The number of para-hydroxylation sites is 2. The molecule has 9 rings (SSSR count). The minimum atomic E-state index is -6.00. The van der Waals surface area contributed by atoms with Gasteiger partial charge in [-0.15, -0.1) is 0 Å². The number of hydrogen-bond donors (Lipinski definition) is 0. The highest BCUT2D eigenvalue weighted by Gasteiger charge is 2.45.